The van der Waals surface area contributed by atoms with Crippen molar-refractivity contribution in [3.63, 3.8) is 0 Å². The molecule has 0 aliphatic rings. The average Bonchev–Trinajstić information content (AvgIpc) is 3.25. The Labute approximate surface area is 149 Å². The Morgan fingerprint density at radius 1 is 0.615 bits per heavy atom. The molecule has 3 aromatic heterocycles. The van der Waals surface area contributed by atoms with Crippen molar-refractivity contribution in [1.82, 2.24) is 15.0 Å². The van der Waals surface area contributed by atoms with E-state index in [2.05, 4.69) is 81.7 Å². The van der Waals surface area contributed by atoms with E-state index in [1.54, 1.807) is 0 Å². The predicted octanol–water partition coefficient (Wildman–Crippen LogP) is 6.02. The van der Waals surface area contributed by atoms with Crippen LogP contribution in [0.25, 0.3) is 54.7 Å². The van der Waals surface area contributed by atoms with Crippen LogP contribution in [0.5, 0.6) is 0 Å². The summed E-state index contributed by atoms with van der Waals surface area (Å²) in [5, 5.41) is 4.99. The second kappa shape index (κ2) is 4.96. The number of nitrogens with one attached hydrogen (secondary N) is 2. The van der Waals surface area contributed by atoms with E-state index < -0.39 is 0 Å². The first-order valence-corrected chi connectivity index (χ1v) is 8.74. The summed E-state index contributed by atoms with van der Waals surface area (Å²) in [6.45, 7) is 0. The van der Waals surface area contributed by atoms with Crippen LogP contribution in [0, 0.1) is 0 Å². The van der Waals surface area contributed by atoms with E-state index >= 15 is 0 Å². The molecular weight excluding hydrogens is 318 g/mol. The molecule has 0 aliphatic carbocycles. The number of hydrogen-bond donors (Lipinski definition) is 2. The molecule has 0 amide bonds. The standard InChI is InChI=1S/C23H15N3/c1-2-6-19-17(4-1)23-15(5-3-7-21(23)25-19)14-8-9-20-18(12-14)16-10-11-24-13-22(16)26-20/h1-13,25-26H. The Morgan fingerprint density at radius 2 is 1.46 bits per heavy atom. The van der Waals surface area contributed by atoms with Gasteiger partial charge < -0.3 is 9.97 Å². The first-order valence-electron chi connectivity index (χ1n) is 8.74. The zero-order chi connectivity index (χ0) is 17.1. The molecule has 26 heavy (non-hydrogen) atoms. The topological polar surface area (TPSA) is 44.5 Å². The van der Waals surface area contributed by atoms with Crippen LogP contribution in [0.15, 0.2) is 79.1 Å². The molecule has 6 aromatic rings. The minimum absolute atomic E-state index is 1.07. The summed E-state index contributed by atoms with van der Waals surface area (Å²) in [4.78, 5) is 11.2. The number of fused-ring (bicyclic) bond motifs is 6. The smallest absolute Gasteiger partial charge is 0.0651 e. The van der Waals surface area contributed by atoms with Gasteiger partial charge in [0.2, 0.25) is 0 Å². The molecule has 3 aromatic carbocycles. The third-order valence-electron chi connectivity index (χ3n) is 5.24. The van der Waals surface area contributed by atoms with E-state index in [1.807, 2.05) is 12.4 Å². The van der Waals surface area contributed by atoms with E-state index in [0.29, 0.717) is 0 Å². The number of H-pyrrole nitrogens is 2. The van der Waals surface area contributed by atoms with Crippen molar-refractivity contribution in [3.05, 3.63) is 79.1 Å². The average molecular weight is 333 g/mol. The fourth-order valence-electron chi connectivity index (χ4n) is 4.06. The molecule has 3 nitrogen and oxygen atoms in total. The molecule has 0 atom stereocenters. The largest absolute Gasteiger partial charge is 0.354 e. The normalized spacial score (nSPS) is 11.8. The summed E-state index contributed by atoms with van der Waals surface area (Å²) in [5.74, 6) is 0. The molecule has 2 N–H and O–H groups in total. The summed E-state index contributed by atoms with van der Waals surface area (Å²) in [6, 6.07) is 23.7. The second-order valence-electron chi connectivity index (χ2n) is 6.71. The van der Waals surface area contributed by atoms with Gasteiger partial charge in [-0.05, 0) is 41.5 Å². The minimum atomic E-state index is 1.07. The highest BCUT2D eigenvalue weighted by atomic mass is 14.7. The molecule has 3 heterocycles. The van der Waals surface area contributed by atoms with Crippen LogP contribution >= 0.6 is 0 Å². The van der Waals surface area contributed by atoms with Crippen LogP contribution in [0.1, 0.15) is 0 Å². The van der Waals surface area contributed by atoms with Crippen molar-refractivity contribution in [3.8, 4) is 11.1 Å². The lowest BCUT2D eigenvalue weighted by Crippen LogP contribution is -1.80. The van der Waals surface area contributed by atoms with Gasteiger partial charge in [-0.25, -0.2) is 0 Å². The Kier molecular flexibility index (Phi) is 2.61. The van der Waals surface area contributed by atoms with Crippen LogP contribution in [-0.4, -0.2) is 15.0 Å². The zero-order valence-electron chi connectivity index (χ0n) is 14.0. The maximum atomic E-state index is 4.22. The molecule has 0 bridgehead atoms. The van der Waals surface area contributed by atoms with Gasteiger partial charge in [0.1, 0.15) is 0 Å². The fraction of sp³-hybridized carbons (Fsp3) is 0. The summed E-state index contributed by atoms with van der Waals surface area (Å²) >= 11 is 0. The van der Waals surface area contributed by atoms with Crippen molar-refractivity contribution >= 4 is 43.6 Å². The van der Waals surface area contributed by atoms with Gasteiger partial charge in [0.15, 0.2) is 0 Å². The minimum Gasteiger partial charge on any atom is -0.354 e. The first kappa shape index (κ1) is 13.7. The number of nitrogens with zero attached hydrogens (tertiary/aromatic N) is 1. The quantitative estimate of drug-likeness (QED) is 0.380. The van der Waals surface area contributed by atoms with E-state index in [1.165, 1.54) is 43.7 Å². The Morgan fingerprint density at radius 3 is 2.46 bits per heavy atom. The van der Waals surface area contributed by atoms with Crippen molar-refractivity contribution < 1.29 is 0 Å². The molecule has 0 aliphatic heterocycles. The molecular formula is C23H15N3. The third kappa shape index (κ3) is 1.80. The van der Waals surface area contributed by atoms with Crippen molar-refractivity contribution in [2.75, 3.05) is 0 Å². The SMILES string of the molecule is c1ccc2c(c1)[nH]c1cccc(-c3ccc4[nH]c5cnccc5c4c3)c12. The Bertz CT molecular complexity index is 1440. The molecule has 0 saturated carbocycles. The van der Waals surface area contributed by atoms with E-state index in [4.69, 9.17) is 0 Å². The Balaban J connectivity index is 1.71. The maximum Gasteiger partial charge on any atom is 0.0651 e. The van der Waals surface area contributed by atoms with Crippen LogP contribution in [-0.2, 0) is 0 Å². The van der Waals surface area contributed by atoms with Gasteiger partial charge in [0.25, 0.3) is 0 Å². The number of pyridine rings is 1. The second-order valence-corrected chi connectivity index (χ2v) is 6.71. The number of aromatic nitrogens is 3. The summed E-state index contributed by atoms with van der Waals surface area (Å²) in [7, 11) is 0. The maximum absolute atomic E-state index is 4.22. The molecule has 0 spiro atoms. The summed E-state index contributed by atoms with van der Waals surface area (Å²) < 4.78 is 0. The highest BCUT2D eigenvalue weighted by Gasteiger charge is 2.11. The molecule has 3 heteroatoms. The molecule has 0 fully saturated rings. The van der Waals surface area contributed by atoms with Crippen LogP contribution in [0.4, 0.5) is 0 Å². The zero-order valence-corrected chi connectivity index (χ0v) is 14.0. The highest BCUT2D eigenvalue weighted by Crippen LogP contribution is 2.36. The van der Waals surface area contributed by atoms with Gasteiger partial charge in [-0.1, -0.05) is 36.4 Å². The van der Waals surface area contributed by atoms with Gasteiger partial charge in [-0.15, -0.1) is 0 Å². The van der Waals surface area contributed by atoms with Crippen LogP contribution in [0.2, 0.25) is 0 Å². The van der Waals surface area contributed by atoms with Gasteiger partial charge in [0, 0.05) is 44.3 Å². The van der Waals surface area contributed by atoms with Gasteiger partial charge in [-0.3, -0.25) is 4.98 Å². The molecule has 0 saturated heterocycles. The predicted molar refractivity (Wildman–Crippen MR) is 108 cm³/mol. The number of hydrogen-bond acceptors (Lipinski definition) is 1. The van der Waals surface area contributed by atoms with Crippen molar-refractivity contribution in [2.45, 2.75) is 0 Å². The van der Waals surface area contributed by atoms with Crippen molar-refractivity contribution in [1.29, 1.82) is 0 Å². The number of aromatic amines is 2. The third-order valence-corrected chi connectivity index (χ3v) is 5.24. The number of rotatable bonds is 1. The lowest BCUT2D eigenvalue weighted by Gasteiger charge is -2.05. The Hall–Kier alpha value is -3.59. The van der Waals surface area contributed by atoms with Gasteiger partial charge in [-0.2, -0.15) is 0 Å². The van der Waals surface area contributed by atoms with Gasteiger partial charge >= 0.3 is 0 Å². The van der Waals surface area contributed by atoms with E-state index in [0.717, 1.165) is 11.0 Å². The number of para-hydroxylation sites is 1. The lowest BCUT2D eigenvalue weighted by molar-refractivity contribution is 1.35. The summed E-state index contributed by atoms with van der Waals surface area (Å²) in [5.41, 5.74) is 7.05. The highest BCUT2D eigenvalue weighted by molar-refractivity contribution is 6.15. The van der Waals surface area contributed by atoms with E-state index in [-0.39, 0.29) is 0 Å². The molecule has 122 valence electrons. The monoisotopic (exact) mass is 333 g/mol. The fourth-order valence-corrected chi connectivity index (χ4v) is 4.06. The summed E-state index contributed by atoms with van der Waals surface area (Å²) in [6.07, 6.45) is 3.73. The number of benzene rings is 3. The molecule has 0 unspecified atom stereocenters. The van der Waals surface area contributed by atoms with Crippen LogP contribution in [0.3, 0.4) is 0 Å². The van der Waals surface area contributed by atoms with Gasteiger partial charge in [0.05, 0.1) is 11.7 Å². The van der Waals surface area contributed by atoms with E-state index in [9.17, 15) is 0 Å². The van der Waals surface area contributed by atoms with Crippen molar-refractivity contribution in [2.24, 2.45) is 0 Å². The van der Waals surface area contributed by atoms with Crippen LogP contribution < -0.4 is 0 Å². The first-order chi connectivity index (χ1) is 12.9. The molecule has 6 rings (SSSR count). The molecule has 0 radical (unpaired) electrons. The lowest BCUT2D eigenvalue weighted by atomic mass is 9.98.